The predicted octanol–water partition coefficient (Wildman–Crippen LogP) is 2.80. The second kappa shape index (κ2) is 7.23. The smallest absolute Gasteiger partial charge is 0.0907 e. The molecule has 1 saturated heterocycles. The van der Waals surface area contributed by atoms with Crippen LogP contribution >= 0.6 is 0 Å². The number of nitrogens with one attached hydrogen (secondary N) is 2. The largest absolute Gasteiger partial charge is 0.387 e. The molecule has 136 valence electrons. The zero-order valence-corrected chi connectivity index (χ0v) is 15.3. The van der Waals surface area contributed by atoms with Crippen molar-refractivity contribution in [1.82, 2.24) is 15.2 Å². The Morgan fingerprint density at radius 2 is 1.88 bits per heavy atom. The molecule has 2 aromatic carbocycles. The minimum absolute atomic E-state index is 0.590. The minimum Gasteiger partial charge on any atom is -0.387 e. The van der Waals surface area contributed by atoms with E-state index in [1.807, 2.05) is 0 Å². The Morgan fingerprint density at radius 3 is 2.65 bits per heavy atom. The number of para-hydroxylation sites is 2. The Balaban J connectivity index is 1.56. The van der Waals surface area contributed by atoms with E-state index >= 15 is 0 Å². The fourth-order valence-electron chi connectivity index (χ4n) is 4.08. The molecule has 3 N–H and O–H groups in total. The molecule has 0 aliphatic carbocycles. The highest BCUT2D eigenvalue weighted by Crippen LogP contribution is 2.29. The third-order valence-corrected chi connectivity index (χ3v) is 5.48. The van der Waals surface area contributed by atoms with Gasteiger partial charge in [-0.25, -0.2) is 0 Å². The number of hydrogen-bond donors (Lipinski definition) is 3. The second-order valence-electron chi connectivity index (χ2n) is 7.33. The fraction of sp³-hybridized carbons (Fsp3) is 0.364. The molecule has 3 aromatic rings. The van der Waals surface area contributed by atoms with Crippen LogP contribution in [0.3, 0.4) is 0 Å². The van der Waals surface area contributed by atoms with Gasteiger partial charge in [-0.15, -0.1) is 0 Å². The molecule has 0 amide bonds. The summed E-state index contributed by atoms with van der Waals surface area (Å²) in [5.74, 6) is 0. The van der Waals surface area contributed by atoms with Gasteiger partial charge in [0.15, 0.2) is 0 Å². The molecular formula is C22H27N3O. The lowest BCUT2D eigenvalue weighted by Gasteiger charge is -2.21. The molecule has 26 heavy (non-hydrogen) atoms. The Hall–Kier alpha value is -2.14. The van der Waals surface area contributed by atoms with Crippen LogP contribution in [-0.4, -0.2) is 41.5 Å². The molecule has 0 spiro atoms. The third kappa shape index (κ3) is 3.28. The number of hydrogen-bond acceptors (Lipinski definition) is 3. The molecule has 1 aromatic heterocycles. The van der Waals surface area contributed by atoms with E-state index in [9.17, 15) is 5.11 Å². The normalized spacial score (nSPS) is 20.1. The summed E-state index contributed by atoms with van der Waals surface area (Å²) < 4.78 is 2.35. The molecule has 0 radical (unpaired) electrons. The van der Waals surface area contributed by atoms with Gasteiger partial charge in [0.2, 0.25) is 0 Å². The lowest BCUT2D eigenvalue weighted by atomic mass is 10.0. The standard InChI is InChI=1S/C22H27N3O/c1-17-19(11-13-23-15-22(26)12-14-24-16-22)20-9-5-6-10-21(20)25(17)18-7-3-2-4-8-18/h2-10,23-24,26H,11-16H2,1H3. The molecule has 1 unspecified atom stereocenters. The summed E-state index contributed by atoms with van der Waals surface area (Å²) in [6.45, 7) is 5.31. The molecule has 2 heterocycles. The molecule has 4 rings (SSSR count). The molecule has 0 saturated carbocycles. The topological polar surface area (TPSA) is 49.2 Å². The maximum Gasteiger partial charge on any atom is 0.0907 e. The Kier molecular flexibility index (Phi) is 4.81. The van der Waals surface area contributed by atoms with Crippen LogP contribution in [0.1, 0.15) is 17.7 Å². The summed E-state index contributed by atoms with van der Waals surface area (Å²) in [6, 6.07) is 19.2. The van der Waals surface area contributed by atoms with Crippen molar-refractivity contribution >= 4 is 10.9 Å². The van der Waals surface area contributed by atoms with E-state index in [2.05, 4.69) is 76.7 Å². The average Bonchev–Trinajstić information content (AvgIpc) is 3.21. The van der Waals surface area contributed by atoms with Gasteiger partial charge in [-0.3, -0.25) is 0 Å². The van der Waals surface area contributed by atoms with Gasteiger partial charge in [0.1, 0.15) is 0 Å². The van der Waals surface area contributed by atoms with Gasteiger partial charge in [-0.05, 0) is 56.6 Å². The highest BCUT2D eigenvalue weighted by molar-refractivity contribution is 5.87. The van der Waals surface area contributed by atoms with Crippen molar-refractivity contribution in [2.75, 3.05) is 26.2 Å². The van der Waals surface area contributed by atoms with Gasteiger partial charge in [-0.2, -0.15) is 0 Å². The number of nitrogens with zero attached hydrogens (tertiary/aromatic N) is 1. The molecule has 1 atom stereocenters. The summed E-state index contributed by atoms with van der Waals surface area (Å²) in [7, 11) is 0. The summed E-state index contributed by atoms with van der Waals surface area (Å²) in [5, 5.41) is 18.4. The van der Waals surface area contributed by atoms with Gasteiger partial charge in [0.05, 0.1) is 11.1 Å². The Labute approximate surface area is 154 Å². The summed E-state index contributed by atoms with van der Waals surface area (Å²) in [4.78, 5) is 0. The Morgan fingerprint density at radius 1 is 1.12 bits per heavy atom. The first-order valence-corrected chi connectivity index (χ1v) is 9.46. The van der Waals surface area contributed by atoms with Crippen molar-refractivity contribution in [1.29, 1.82) is 0 Å². The fourth-order valence-corrected chi connectivity index (χ4v) is 4.08. The van der Waals surface area contributed by atoms with E-state index in [1.165, 1.54) is 27.8 Å². The first-order chi connectivity index (χ1) is 12.7. The summed E-state index contributed by atoms with van der Waals surface area (Å²) >= 11 is 0. The summed E-state index contributed by atoms with van der Waals surface area (Å²) in [6.07, 6.45) is 1.78. The number of rotatable bonds is 6. The monoisotopic (exact) mass is 349 g/mol. The van der Waals surface area contributed by atoms with Crippen LogP contribution in [0.25, 0.3) is 16.6 Å². The maximum absolute atomic E-state index is 10.4. The predicted molar refractivity (Wildman–Crippen MR) is 107 cm³/mol. The first-order valence-electron chi connectivity index (χ1n) is 9.46. The van der Waals surface area contributed by atoms with Crippen molar-refractivity contribution in [3.8, 4) is 5.69 Å². The number of aliphatic hydroxyl groups is 1. The molecule has 0 bridgehead atoms. The highest BCUT2D eigenvalue weighted by Gasteiger charge is 2.30. The second-order valence-corrected chi connectivity index (χ2v) is 7.33. The average molecular weight is 349 g/mol. The van der Waals surface area contributed by atoms with Crippen molar-refractivity contribution in [2.24, 2.45) is 0 Å². The third-order valence-electron chi connectivity index (χ3n) is 5.48. The number of β-amino-alcohol motifs (C(OH)–C–C–N with tert-alkyl or cyclic N) is 1. The van der Waals surface area contributed by atoms with Gasteiger partial charge in [0, 0.05) is 29.9 Å². The van der Waals surface area contributed by atoms with Crippen LogP contribution < -0.4 is 10.6 Å². The van der Waals surface area contributed by atoms with E-state index in [0.717, 1.165) is 25.9 Å². The number of fused-ring (bicyclic) bond motifs is 1. The molecule has 1 aliphatic rings. The van der Waals surface area contributed by atoms with Crippen molar-refractivity contribution in [3.05, 3.63) is 65.9 Å². The maximum atomic E-state index is 10.4. The lowest BCUT2D eigenvalue weighted by Crippen LogP contribution is -2.42. The van der Waals surface area contributed by atoms with Gasteiger partial charge in [0.25, 0.3) is 0 Å². The van der Waals surface area contributed by atoms with Crippen LogP contribution in [0.5, 0.6) is 0 Å². The minimum atomic E-state index is -0.590. The van der Waals surface area contributed by atoms with Crippen LogP contribution in [0.4, 0.5) is 0 Å². The first kappa shape index (κ1) is 17.3. The SMILES string of the molecule is Cc1c(CCNCC2(O)CCNC2)c2ccccc2n1-c1ccccc1. The quantitative estimate of drug-likeness (QED) is 0.600. The molecule has 4 heteroatoms. The lowest BCUT2D eigenvalue weighted by molar-refractivity contribution is 0.0615. The summed E-state index contributed by atoms with van der Waals surface area (Å²) in [5.41, 5.74) is 4.54. The van der Waals surface area contributed by atoms with Crippen LogP contribution in [0.15, 0.2) is 54.6 Å². The van der Waals surface area contributed by atoms with Gasteiger partial charge in [-0.1, -0.05) is 36.4 Å². The van der Waals surface area contributed by atoms with E-state index in [1.54, 1.807) is 0 Å². The van der Waals surface area contributed by atoms with E-state index in [0.29, 0.717) is 13.1 Å². The number of aromatic nitrogens is 1. The van der Waals surface area contributed by atoms with Crippen molar-refractivity contribution < 1.29 is 5.11 Å². The van der Waals surface area contributed by atoms with E-state index in [-0.39, 0.29) is 0 Å². The highest BCUT2D eigenvalue weighted by atomic mass is 16.3. The molecule has 1 fully saturated rings. The molecule has 4 nitrogen and oxygen atoms in total. The molecule has 1 aliphatic heterocycles. The zero-order chi connectivity index (χ0) is 18.0. The Bertz CT molecular complexity index is 879. The number of benzene rings is 2. The van der Waals surface area contributed by atoms with Crippen LogP contribution in [0.2, 0.25) is 0 Å². The van der Waals surface area contributed by atoms with Gasteiger partial charge >= 0.3 is 0 Å². The zero-order valence-electron chi connectivity index (χ0n) is 15.3. The van der Waals surface area contributed by atoms with Gasteiger partial charge < -0.3 is 20.3 Å². The van der Waals surface area contributed by atoms with E-state index < -0.39 is 5.60 Å². The van der Waals surface area contributed by atoms with Crippen LogP contribution in [0, 0.1) is 6.92 Å². The van der Waals surface area contributed by atoms with E-state index in [4.69, 9.17) is 0 Å². The van der Waals surface area contributed by atoms with Crippen LogP contribution in [-0.2, 0) is 6.42 Å². The van der Waals surface area contributed by atoms with Crippen molar-refractivity contribution in [3.63, 3.8) is 0 Å². The van der Waals surface area contributed by atoms with Crippen molar-refractivity contribution in [2.45, 2.75) is 25.4 Å². The molecular weight excluding hydrogens is 322 g/mol.